The van der Waals surface area contributed by atoms with Crippen LogP contribution < -0.4 is 5.46 Å². The van der Waals surface area contributed by atoms with Gasteiger partial charge in [-0.1, -0.05) is 54.6 Å². The van der Waals surface area contributed by atoms with Crippen LogP contribution in [0.25, 0.3) is 33.0 Å². The minimum absolute atomic E-state index is 0.571. The third-order valence-corrected chi connectivity index (χ3v) is 3.84. The summed E-state index contributed by atoms with van der Waals surface area (Å²) in [5.41, 5.74) is 4.86. The summed E-state index contributed by atoms with van der Waals surface area (Å²) in [5, 5.41) is 21.5. The maximum atomic E-state index is 9.58. The number of hydrogen-bond acceptors (Lipinski definition) is 2. The fourth-order valence-corrected chi connectivity index (χ4v) is 3.08. The number of benzene rings is 3. The van der Waals surface area contributed by atoms with E-state index < -0.39 is 7.12 Å². The van der Waals surface area contributed by atoms with Crippen LogP contribution in [-0.2, 0) is 0 Å². The first-order valence-corrected chi connectivity index (χ1v) is 6.29. The van der Waals surface area contributed by atoms with Gasteiger partial charge in [0.25, 0.3) is 0 Å². The highest BCUT2D eigenvalue weighted by Crippen LogP contribution is 2.45. The zero-order valence-electron chi connectivity index (χ0n) is 10.2. The van der Waals surface area contributed by atoms with E-state index >= 15 is 0 Å². The molecule has 0 spiro atoms. The minimum atomic E-state index is -1.44. The molecular formula is C16H11BO2. The van der Waals surface area contributed by atoms with Crippen LogP contribution in [0.1, 0.15) is 0 Å². The van der Waals surface area contributed by atoms with Gasteiger partial charge < -0.3 is 10.0 Å². The summed E-state index contributed by atoms with van der Waals surface area (Å²) in [6, 6.07) is 18.0. The van der Waals surface area contributed by atoms with E-state index in [-0.39, 0.29) is 0 Å². The van der Waals surface area contributed by atoms with Crippen molar-refractivity contribution in [1.29, 1.82) is 0 Å². The molecule has 0 bridgehead atoms. The summed E-state index contributed by atoms with van der Waals surface area (Å²) in [7, 11) is -1.44. The van der Waals surface area contributed by atoms with Crippen LogP contribution in [0.3, 0.4) is 0 Å². The molecule has 0 saturated carbocycles. The molecule has 4 rings (SSSR count). The Morgan fingerprint density at radius 2 is 1.32 bits per heavy atom. The number of rotatable bonds is 1. The van der Waals surface area contributed by atoms with Crippen molar-refractivity contribution in [3.63, 3.8) is 0 Å². The molecule has 19 heavy (non-hydrogen) atoms. The van der Waals surface area contributed by atoms with Crippen molar-refractivity contribution in [3.8, 4) is 22.3 Å². The number of hydrogen-bond donors (Lipinski definition) is 2. The zero-order valence-corrected chi connectivity index (χ0v) is 10.2. The first-order valence-electron chi connectivity index (χ1n) is 6.29. The van der Waals surface area contributed by atoms with Gasteiger partial charge in [0.2, 0.25) is 0 Å². The molecule has 0 saturated heterocycles. The van der Waals surface area contributed by atoms with Gasteiger partial charge in [-0.3, -0.25) is 0 Å². The molecule has 3 aromatic rings. The molecule has 0 unspecified atom stereocenters. The average Bonchev–Trinajstić information content (AvgIpc) is 2.76. The summed E-state index contributed by atoms with van der Waals surface area (Å²) >= 11 is 0. The summed E-state index contributed by atoms with van der Waals surface area (Å²) in [6.45, 7) is 0. The van der Waals surface area contributed by atoms with Crippen LogP contribution in [-0.4, -0.2) is 17.2 Å². The lowest BCUT2D eigenvalue weighted by molar-refractivity contribution is 0.426. The second-order valence-electron chi connectivity index (χ2n) is 4.85. The quantitative estimate of drug-likeness (QED) is 0.505. The van der Waals surface area contributed by atoms with Crippen LogP contribution in [0.4, 0.5) is 0 Å². The van der Waals surface area contributed by atoms with E-state index in [1.54, 1.807) is 6.07 Å². The van der Waals surface area contributed by atoms with Gasteiger partial charge in [0.15, 0.2) is 0 Å². The zero-order chi connectivity index (χ0) is 13.0. The highest BCUT2D eigenvalue weighted by molar-refractivity contribution is 6.61. The summed E-state index contributed by atoms with van der Waals surface area (Å²) in [6.07, 6.45) is 0. The third-order valence-electron chi connectivity index (χ3n) is 3.84. The molecule has 2 nitrogen and oxygen atoms in total. The van der Waals surface area contributed by atoms with Gasteiger partial charge in [0, 0.05) is 0 Å². The largest absolute Gasteiger partial charge is 0.489 e. The first kappa shape index (κ1) is 10.8. The predicted molar refractivity (Wildman–Crippen MR) is 78.2 cm³/mol. The minimum Gasteiger partial charge on any atom is -0.423 e. The van der Waals surface area contributed by atoms with Crippen LogP contribution in [0, 0.1) is 0 Å². The van der Waals surface area contributed by atoms with Gasteiger partial charge in [-0.25, -0.2) is 0 Å². The lowest BCUT2D eigenvalue weighted by Gasteiger charge is -2.08. The standard InChI is InChI=1S/C16H11BO2/c18-17(19)14-9-3-7-12-11-6-1-4-10-5-2-8-13(15(10)11)16(12)14/h1-9,18-19H. The van der Waals surface area contributed by atoms with Crippen LogP contribution >= 0.6 is 0 Å². The molecule has 0 atom stereocenters. The normalized spacial score (nSPS) is 11.7. The van der Waals surface area contributed by atoms with Crippen molar-refractivity contribution < 1.29 is 10.0 Å². The summed E-state index contributed by atoms with van der Waals surface area (Å²) in [5.74, 6) is 0. The molecule has 0 heterocycles. The van der Waals surface area contributed by atoms with Gasteiger partial charge in [-0.2, -0.15) is 0 Å². The molecule has 0 aliphatic heterocycles. The molecule has 0 radical (unpaired) electrons. The molecule has 2 N–H and O–H groups in total. The fourth-order valence-electron chi connectivity index (χ4n) is 3.08. The highest BCUT2D eigenvalue weighted by atomic mass is 16.4. The van der Waals surface area contributed by atoms with E-state index in [0.717, 1.165) is 16.7 Å². The van der Waals surface area contributed by atoms with Crippen LogP contribution in [0.5, 0.6) is 0 Å². The van der Waals surface area contributed by atoms with Gasteiger partial charge >= 0.3 is 7.12 Å². The number of fused-ring (bicyclic) bond motifs is 3. The third kappa shape index (κ3) is 1.34. The van der Waals surface area contributed by atoms with E-state index in [9.17, 15) is 10.0 Å². The highest BCUT2D eigenvalue weighted by Gasteiger charge is 2.26. The van der Waals surface area contributed by atoms with Crippen molar-refractivity contribution in [3.05, 3.63) is 54.6 Å². The second kappa shape index (κ2) is 3.70. The molecule has 0 aromatic heterocycles. The maximum Gasteiger partial charge on any atom is 0.489 e. The van der Waals surface area contributed by atoms with E-state index in [2.05, 4.69) is 18.2 Å². The fraction of sp³-hybridized carbons (Fsp3) is 0. The Morgan fingerprint density at radius 1 is 0.684 bits per heavy atom. The Morgan fingerprint density at radius 3 is 2.05 bits per heavy atom. The Hall–Kier alpha value is -2.10. The van der Waals surface area contributed by atoms with Crippen molar-refractivity contribution in [2.24, 2.45) is 0 Å². The lowest BCUT2D eigenvalue weighted by atomic mass is 9.75. The van der Waals surface area contributed by atoms with Crippen molar-refractivity contribution in [2.75, 3.05) is 0 Å². The summed E-state index contributed by atoms with van der Waals surface area (Å²) in [4.78, 5) is 0. The monoisotopic (exact) mass is 246 g/mol. The Labute approximate surface area is 111 Å². The van der Waals surface area contributed by atoms with E-state index in [1.165, 1.54) is 16.3 Å². The SMILES string of the molecule is OB(O)c1cccc2c1-c1cccc3cccc-2c13. The maximum absolute atomic E-state index is 9.58. The lowest BCUT2D eigenvalue weighted by Crippen LogP contribution is -2.31. The predicted octanol–water partition coefficient (Wildman–Crippen LogP) is 2.17. The second-order valence-corrected chi connectivity index (χ2v) is 4.85. The molecular weight excluding hydrogens is 235 g/mol. The smallest absolute Gasteiger partial charge is 0.423 e. The first-order chi connectivity index (χ1) is 9.27. The Kier molecular flexibility index (Phi) is 2.10. The average molecular weight is 246 g/mol. The topological polar surface area (TPSA) is 40.5 Å². The van der Waals surface area contributed by atoms with Gasteiger partial charge in [-0.05, 0) is 38.5 Å². The van der Waals surface area contributed by atoms with Gasteiger partial charge in [-0.15, -0.1) is 0 Å². The Balaban J connectivity index is 2.21. The van der Waals surface area contributed by atoms with Crippen LogP contribution in [0.15, 0.2) is 54.6 Å². The van der Waals surface area contributed by atoms with Crippen molar-refractivity contribution >= 4 is 23.4 Å². The Bertz CT molecular complexity index is 804. The molecule has 90 valence electrons. The van der Waals surface area contributed by atoms with E-state index in [0.29, 0.717) is 5.46 Å². The molecule has 1 aliphatic rings. The molecule has 0 fully saturated rings. The summed E-state index contributed by atoms with van der Waals surface area (Å²) < 4.78 is 0. The molecule has 3 aromatic carbocycles. The molecule has 3 heteroatoms. The van der Waals surface area contributed by atoms with E-state index in [4.69, 9.17) is 0 Å². The molecule has 1 aliphatic carbocycles. The van der Waals surface area contributed by atoms with E-state index in [1.807, 2.05) is 30.3 Å². The van der Waals surface area contributed by atoms with Gasteiger partial charge in [0.05, 0.1) is 0 Å². The molecule has 0 amide bonds. The van der Waals surface area contributed by atoms with Crippen molar-refractivity contribution in [2.45, 2.75) is 0 Å². The van der Waals surface area contributed by atoms with Crippen molar-refractivity contribution in [1.82, 2.24) is 0 Å². The van der Waals surface area contributed by atoms with Gasteiger partial charge in [0.1, 0.15) is 0 Å². The van der Waals surface area contributed by atoms with Crippen LogP contribution in [0.2, 0.25) is 0 Å².